The van der Waals surface area contributed by atoms with Gasteiger partial charge in [0, 0.05) is 10.5 Å². The van der Waals surface area contributed by atoms with Gasteiger partial charge in [-0.15, -0.1) is 0 Å². The molecule has 2 aromatic carbocycles. The van der Waals surface area contributed by atoms with Crippen LogP contribution in [0.4, 0.5) is 10.8 Å². The predicted molar refractivity (Wildman–Crippen MR) is 96.0 cm³/mol. The summed E-state index contributed by atoms with van der Waals surface area (Å²) in [5.74, 6) is 0.776. The molecule has 0 saturated carbocycles. The Balaban J connectivity index is 1.98. The molecule has 0 amide bonds. The fraction of sp³-hybridized carbons (Fsp3) is 0.133. The van der Waals surface area contributed by atoms with Crippen molar-refractivity contribution in [2.45, 2.75) is 6.92 Å². The number of rotatable bonds is 3. The van der Waals surface area contributed by atoms with Gasteiger partial charge in [0.05, 0.1) is 27.5 Å². The lowest BCUT2D eigenvalue weighted by molar-refractivity contribution is 0.412. The zero-order valence-electron chi connectivity index (χ0n) is 11.4. The molecule has 0 aliphatic rings. The SMILES string of the molecule is COc1cc(Nc2nc3ccc(C)cc3s2)c(Br)cc1Br. The van der Waals surface area contributed by atoms with Crippen molar-refractivity contribution in [3.05, 3.63) is 44.8 Å². The number of nitrogens with one attached hydrogen (secondary N) is 1. The van der Waals surface area contributed by atoms with E-state index in [1.54, 1.807) is 18.4 Å². The molecule has 0 bridgehead atoms. The molecular weight excluding hydrogens is 416 g/mol. The zero-order chi connectivity index (χ0) is 15.0. The standard InChI is InChI=1S/C15H12Br2N2OS/c1-8-3-4-11-14(5-8)21-15(18-11)19-12-7-13(20-2)10(17)6-9(12)16/h3-7H,1-2H3,(H,18,19). The molecule has 0 spiro atoms. The molecule has 0 atom stereocenters. The number of thiazole rings is 1. The Bertz CT molecular complexity index is 817. The van der Waals surface area contributed by atoms with Gasteiger partial charge in [0.2, 0.25) is 0 Å². The van der Waals surface area contributed by atoms with Crippen molar-refractivity contribution >= 4 is 64.2 Å². The summed E-state index contributed by atoms with van der Waals surface area (Å²) in [7, 11) is 1.65. The van der Waals surface area contributed by atoms with Crippen LogP contribution >= 0.6 is 43.2 Å². The first-order valence-corrected chi connectivity index (χ1v) is 8.64. The van der Waals surface area contributed by atoms with E-state index in [1.807, 2.05) is 18.2 Å². The molecule has 0 aliphatic carbocycles. The molecule has 3 rings (SSSR count). The molecule has 0 radical (unpaired) electrons. The molecule has 0 unspecified atom stereocenters. The Hall–Kier alpha value is -1.11. The minimum atomic E-state index is 0.776. The number of benzene rings is 2. The molecule has 1 N–H and O–H groups in total. The van der Waals surface area contributed by atoms with Crippen molar-refractivity contribution in [3.63, 3.8) is 0 Å². The van der Waals surface area contributed by atoms with Crippen molar-refractivity contribution in [1.29, 1.82) is 0 Å². The van der Waals surface area contributed by atoms with Crippen LogP contribution in [-0.2, 0) is 0 Å². The fourth-order valence-corrected chi connectivity index (χ4v) is 4.21. The van der Waals surface area contributed by atoms with E-state index < -0.39 is 0 Å². The van der Waals surface area contributed by atoms with Crippen LogP contribution in [0, 0.1) is 6.92 Å². The summed E-state index contributed by atoms with van der Waals surface area (Å²) in [6, 6.07) is 10.2. The molecular formula is C15H12Br2N2OS. The van der Waals surface area contributed by atoms with E-state index in [4.69, 9.17) is 4.74 Å². The average molecular weight is 428 g/mol. The van der Waals surface area contributed by atoms with Gasteiger partial charge in [-0.05, 0) is 62.5 Å². The third-order valence-electron chi connectivity index (χ3n) is 3.03. The lowest BCUT2D eigenvalue weighted by Gasteiger charge is -2.09. The summed E-state index contributed by atoms with van der Waals surface area (Å²) in [6.07, 6.45) is 0. The molecule has 3 nitrogen and oxygen atoms in total. The first-order chi connectivity index (χ1) is 10.1. The third-order valence-corrected chi connectivity index (χ3v) is 5.24. The summed E-state index contributed by atoms with van der Waals surface area (Å²) < 4.78 is 8.36. The number of aryl methyl sites for hydroxylation is 1. The highest BCUT2D eigenvalue weighted by Gasteiger charge is 2.10. The van der Waals surface area contributed by atoms with Gasteiger partial charge in [-0.3, -0.25) is 0 Å². The molecule has 0 fully saturated rings. The highest BCUT2D eigenvalue weighted by molar-refractivity contribution is 9.11. The van der Waals surface area contributed by atoms with Gasteiger partial charge in [0.25, 0.3) is 0 Å². The van der Waals surface area contributed by atoms with Crippen LogP contribution in [0.2, 0.25) is 0 Å². The van der Waals surface area contributed by atoms with E-state index in [1.165, 1.54) is 10.3 Å². The summed E-state index contributed by atoms with van der Waals surface area (Å²) in [5.41, 5.74) is 3.17. The molecule has 0 aliphatic heterocycles. The number of hydrogen-bond donors (Lipinski definition) is 1. The summed E-state index contributed by atoms with van der Waals surface area (Å²) in [4.78, 5) is 4.60. The summed E-state index contributed by atoms with van der Waals surface area (Å²) in [5, 5.41) is 4.20. The van der Waals surface area contributed by atoms with E-state index >= 15 is 0 Å². The second-order valence-electron chi connectivity index (χ2n) is 4.58. The number of nitrogens with zero attached hydrogens (tertiary/aromatic N) is 1. The zero-order valence-corrected chi connectivity index (χ0v) is 15.4. The van der Waals surface area contributed by atoms with Crippen LogP contribution in [0.5, 0.6) is 5.75 Å². The van der Waals surface area contributed by atoms with Crippen molar-refractivity contribution < 1.29 is 4.74 Å². The van der Waals surface area contributed by atoms with E-state index in [9.17, 15) is 0 Å². The minimum absolute atomic E-state index is 0.776. The first kappa shape index (κ1) is 14.8. The van der Waals surface area contributed by atoms with Crippen LogP contribution < -0.4 is 10.1 Å². The normalized spacial score (nSPS) is 10.9. The number of ether oxygens (including phenoxy) is 1. The second kappa shape index (κ2) is 5.94. The van der Waals surface area contributed by atoms with E-state index in [0.29, 0.717) is 0 Å². The monoisotopic (exact) mass is 426 g/mol. The lowest BCUT2D eigenvalue weighted by Crippen LogP contribution is -1.93. The van der Waals surface area contributed by atoms with Crippen molar-refractivity contribution in [2.75, 3.05) is 12.4 Å². The molecule has 1 heterocycles. The number of anilines is 2. The smallest absolute Gasteiger partial charge is 0.188 e. The number of fused-ring (bicyclic) bond motifs is 1. The van der Waals surface area contributed by atoms with Crippen molar-refractivity contribution in [2.24, 2.45) is 0 Å². The van der Waals surface area contributed by atoms with Gasteiger partial charge in [0.1, 0.15) is 5.75 Å². The summed E-state index contributed by atoms with van der Waals surface area (Å²) in [6.45, 7) is 2.09. The maximum absolute atomic E-state index is 5.33. The Labute approximate surface area is 143 Å². The molecule has 108 valence electrons. The van der Waals surface area contributed by atoms with Crippen LogP contribution in [0.3, 0.4) is 0 Å². The van der Waals surface area contributed by atoms with Gasteiger partial charge in [-0.25, -0.2) is 4.98 Å². The third kappa shape index (κ3) is 3.07. The highest BCUT2D eigenvalue weighted by atomic mass is 79.9. The van der Waals surface area contributed by atoms with Gasteiger partial charge in [-0.2, -0.15) is 0 Å². The average Bonchev–Trinajstić information content (AvgIpc) is 2.83. The number of methoxy groups -OCH3 is 1. The van der Waals surface area contributed by atoms with Crippen LogP contribution in [0.1, 0.15) is 5.56 Å². The van der Waals surface area contributed by atoms with Crippen LogP contribution in [0.25, 0.3) is 10.2 Å². The molecule has 3 aromatic rings. The Morgan fingerprint density at radius 3 is 2.71 bits per heavy atom. The molecule has 0 saturated heterocycles. The largest absolute Gasteiger partial charge is 0.495 e. The minimum Gasteiger partial charge on any atom is -0.495 e. The van der Waals surface area contributed by atoms with Crippen molar-refractivity contribution in [1.82, 2.24) is 4.98 Å². The van der Waals surface area contributed by atoms with E-state index in [2.05, 4.69) is 61.2 Å². The van der Waals surface area contributed by atoms with Crippen LogP contribution in [0.15, 0.2) is 39.3 Å². The lowest BCUT2D eigenvalue weighted by atomic mass is 10.2. The quantitative estimate of drug-likeness (QED) is 0.566. The number of aromatic nitrogens is 1. The topological polar surface area (TPSA) is 34.1 Å². The maximum Gasteiger partial charge on any atom is 0.188 e. The Kier molecular flexibility index (Phi) is 4.19. The maximum atomic E-state index is 5.33. The second-order valence-corrected chi connectivity index (χ2v) is 7.32. The molecule has 6 heteroatoms. The Morgan fingerprint density at radius 2 is 1.95 bits per heavy atom. The fourth-order valence-electron chi connectivity index (χ4n) is 1.98. The Morgan fingerprint density at radius 1 is 1.14 bits per heavy atom. The number of hydrogen-bond acceptors (Lipinski definition) is 4. The van der Waals surface area contributed by atoms with Gasteiger partial charge < -0.3 is 10.1 Å². The summed E-state index contributed by atoms with van der Waals surface area (Å²) >= 11 is 8.66. The van der Waals surface area contributed by atoms with Gasteiger partial charge in [0.15, 0.2) is 5.13 Å². The molecule has 21 heavy (non-hydrogen) atoms. The van der Waals surface area contributed by atoms with Crippen molar-refractivity contribution in [3.8, 4) is 5.75 Å². The first-order valence-electron chi connectivity index (χ1n) is 6.24. The highest BCUT2D eigenvalue weighted by Crippen LogP contribution is 2.37. The van der Waals surface area contributed by atoms with Gasteiger partial charge >= 0.3 is 0 Å². The van der Waals surface area contributed by atoms with E-state index in [-0.39, 0.29) is 0 Å². The molecule has 1 aromatic heterocycles. The van der Waals surface area contributed by atoms with E-state index in [0.717, 1.165) is 31.0 Å². The predicted octanol–water partition coefficient (Wildman–Crippen LogP) is 5.88. The number of halogens is 2. The van der Waals surface area contributed by atoms with Crippen LogP contribution in [-0.4, -0.2) is 12.1 Å². The van der Waals surface area contributed by atoms with Gasteiger partial charge in [-0.1, -0.05) is 17.4 Å².